The Morgan fingerprint density at radius 1 is 1.11 bits per heavy atom. The first-order valence-corrected chi connectivity index (χ1v) is 6.90. The Labute approximate surface area is 111 Å². The number of hydrogen-bond acceptors (Lipinski definition) is 1. The lowest BCUT2D eigenvalue weighted by Gasteiger charge is -2.30. The number of nitrogens with one attached hydrogen (secondary N) is 1. The third-order valence-electron chi connectivity index (χ3n) is 3.99. The highest BCUT2D eigenvalue weighted by Gasteiger charge is 2.20. The van der Waals surface area contributed by atoms with Crippen molar-refractivity contribution >= 4 is 17.8 Å². The standard InChI is InChI=1S/C17H23N/c1-4-14-10-11-16(12-15(14)5-2)18-17-9-7-6-8-13(17)3/h4-5,10-13,17-18H,1-2,6-9H2,3H3. The van der Waals surface area contributed by atoms with Crippen LogP contribution in [0.1, 0.15) is 43.7 Å². The topological polar surface area (TPSA) is 12.0 Å². The molecule has 2 atom stereocenters. The van der Waals surface area contributed by atoms with Gasteiger partial charge in [0.2, 0.25) is 0 Å². The Bertz CT molecular complexity index is 433. The SMILES string of the molecule is C=Cc1ccc(NC2CCCCC2C)cc1C=C. The average molecular weight is 241 g/mol. The molecule has 0 radical (unpaired) electrons. The lowest BCUT2D eigenvalue weighted by molar-refractivity contribution is 0.349. The van der Waals surface area contributed by atoms with Crippen molar-refractivity contribution in [3.05, 3.63) is 42.5 Å². The fraction of sp³-hybridized carbons (Fsp3) is 0.412. The van der Waals surface area contributed by atoms with Crippen LogP contribution in [0, 0.1) is 5.92 Å². The summed E-state index contributed by atoms with van der Waals surface area (Å²) in [7, 11) is 0. The van der Waals surface area contributed by atoms with E-state index in [-0.39, 0.29) is 0 Å². The summed E-state index contributed by atoms with van der Waals surface area (Å²) in [6, 6.07) is 7.04. The summed E-state index contributed by atoms with van der Waals surface area (Å²) in [5.74, 6) is 0.769. The highest BCUT2D eigenvalue weighted by atomic mass is 14.9. The highest BCUT2D eigenvalue weighted by molar-refractivity contribution is 5.68. The van der Waals surface area contributed by atoms with E-state index in [4.69, 9.17) is 0 Å². The largest absolute Gasteiger partial charge is 0.382 e. The second-order valence-corrected chi connectivity index (χ2v) is 5.26. The molecule has 2 rings (SSSR count). The second-order valence-electron chi connectivity index (χ2n) is 5.26. The monoisotopic (exact) mass is 241 g/mol. The molecule has 0 amide bonds. The van der Waals surface area contributed by atoms with E-state index in [1.54, 1.807) is 0 Å². The molecule has 1 N–H and O–H groups in total. The molecular weight excluding hydrogens is 218 g/mol. The Balaban J connectivity index is 2.13. The predicted octanol–water partition coefficient (Wildman–Crippen LogP) is 4.96. The van der Waals surface area contributed by atoms with Crippen molar-refractivity contribution in [2.75, 3.05) is 5.32 Å². The molecule has 1 aliphatic rings. The minimum atomic E-state index is 0.617. The fourth-order valence-corrected chi connectivity index (χ4v) is 2.77. The van der Waals surface area contributed by atoms with Crippen molar-refractivity contribution < 1.29 is 0 Å². The first-order valence-electron chi connectivity index (χ1n) is 6.90. The van der Waals surface area contributed by atoms with Crippen molar-refractivity contribution in [1.29, 1.82) is 0 Å². The van der Waals surface area contributed by atoms with E-state index >= 15 is 0 Å². The van der Waals surface area contributed by atoms with Gasteiger partial charge in [0.15, 0.2) is 0 Å². The predicted molar refractivity (Wildman–Crippen MR) is 81.7 cm³/mol. The van der Waals surface area contributed by atoms with Gasteiger partial charge in [0.1, 0.15) is 0 Å². The Morgan fingerprint density at radius 3 is 2.50 bits per heavy atom. The molecule has 0 bridgehead atoms. The zero-order valence-electron chi connectivity index (χ0n) is 11.3. The summed E-state index contributed by atoms with van der Waals surface area (Å²) in [5, 5.41) is 3.67. The van der Waals surface area contributed by atoms with Gasteiger partial charge in [-0.3, -0.25) is 0 Å². The molecule has 1 aliphatic carbocycles. The van der Waals surface area contributed by atoms with Gasteiger partial charge < -0.3 is 5.32 Å². The first-order chi connectivity index (χ1) is 8.74. The Kier molecular flexibility index (Phi) is 4.24. The minimum absolute atomic E-state index is 0.617. The maximum Gasteiger partial charge on any atom is 0.0348 e. The molecule has 2 unspecified atom stereocenters. The molecule has 0 spiro atoms. The number of hydrogen-bond donors (Lipinski definition) is 1. The fourth-order valence-electron chi connectivity index (χ4n) is 2.77. The van der Waals surface area contributed by atoms with Gasteiger partial charge in [0, 0.05) is 11.7 Å². The summed E-state index contributed by atoms with van der Waals surface area (Å²) in [4.78, 5) is 0. The molecular formula is C17H23N. The minimum Gasteiger partial charge on any atom is -0.382 e. The number of benzene rings is 1. The maximum absolute atomic E-state index is 3.87. The summed E-state index contributed by atoms with van der Waals surface area (Å²) in [5.41, 5.74) is 3.50. The van der Waals surface area contributed by atoms with E-state index in [1.807, 2.05) is 12.2 Å². The summed E-state index contributed by atoms with van der Waals surface area (Å²) in [6.07, 6.45) is 9.13. The van der Waals surface area contributed by atoms with Crippen LogP contribution in [-0.2, 0) is 0 Å². The van der Waals surface area contributed by atoms with Crippen LogP contribution >= 0.6 is 0 Å². The normalized spacial score (nSPS) is 23.4. The smallest absolute Gasteiger partial charge is 0.0348 e. The van der Waals surface area contributed by atoms with E-state index < -0.39 is 0 Å². The van der Waals surface area contributed by atoms with E-state index in [2.05, 4.69) is 43.6 Å². The van der Waals surface area contributed by atoms with Crippen LogP contribution in [0.25, 0.3) is 12.2 Å². The van der Waals surface area contributed by atoms with Crippen molar-refractivity contribution in [2.24, 2.45) is 5.92 Å². The van der Waals surface area contributed by atoms with Crippen molar-refractivity contribution in [2.45, 2.75) is 38.6 Å². The van der Waals surface area contributed by atoms with Crippen LogP contribution in [0.4, 0.5) is 5.69 Å². The van der Waals surface area contributed by atoms with Crippen LogP contribution in [0.5, 0.6) is 0 Å². The molecule has 1 saturated carbocycles. The van der Waals surface area contributed by atoms with Gasteiger partial charge in [-0.2, -0.15) is 0 Å². The van der Waals surface area contributed by atoms with Crippen molar-refractivity contribution in [3.63, 3.8) is 0 Å². The number of anilines is 1. The summed E-state index contributed by atoms with van der Waals surface area (Å²) >= 11 is 0. The maximum atomic E-state index is 3.87. The van der Waals surface area contributed by atoms with Crippen LogP contribution < -0.4 is 5.32 Å². The molecule has 0 aliphatic heterocycles. The van der Waals surface area contributed by atoms with E-state index in [9.17, 15) is 0 Å². The summed E-state index contributed by atoms with van der Waals surface area (Å²) in [6.45, 7) is 10.0. The molecule has 18 heavy (non-hydrogen) atoms. The van der Waals surface area contributed by atoms with Gasteiger partial charge in [-0.1, -0.05) is 51.1 Å². The van der Waals surface area contributed by atoms with E-state index in [1.165, 1.54) is 31.4 Å². The van der Waals surface area contributed by atoms with Gasteiger partial charge in [-0.05, 0) is 42.0 Å². The lowest BCUT2D eigenvalue weighted by Crippen LogP contribution is -2.30. The van der Waals surface area contributed by atoms with Gasteiger partial charge in [-0.25, -0.2) is 0 Å². The molecule has 1 aromatic carbocycles. The zero-order chi connectivity index (χ0) is 13.0. The molecule has 0 aromatic heterocycles. The van der Waals surface area contributed by atoms with Crippen LogP contribution in [0.3, 0.4) is 0 Å². The van der Waals surface area contributed by atoms with Crippen LogP contribution in [0.15, 0.2) is 31.4 Å². The van der Waals surface area contributed by atoms with Gasteiger partial charge in [-0.15, -0.1) is 0 Å². The summed E-state index contributed by atoms with van der Waals surface area (Å²) < 4.78 is 0. The highest BCUT2D eigenvalue weighted by Crippen LogP contribution is 2.27. The van der Waals surface area contributed by atoms with Gasteiger partial charge in [0.05, 0.1) is 0 Å². The third kappa shape index (κ3) is 2.84. The quantitative estimate of drug-likeness (QED) is 0.785. The van der Waals surface area contributed by atoms with E-state index in [0.29, 0.717) is 6.04 Å². The third-order valence-corrected chi connectivity index (χ3v) is 3.99. The second kappa shape index (κ2) is 5.90. The molecule has 1 fully saturated rings. The van der Waals surface area contributed by atoms with Crippen molar-refractivity contribution in [3.8, 4) is 0 Å². The molecule has 1 heteroatoms. The molecule has 1 nitrogen and oxygen atoms in total. The average Bonchev–Trinajstić information content (AvgIpc) is 2.41. The molecule has 96 valence electrons. The van der Waals surface area contributed by atoms with Crippen molar-refractivity contribution in [1.82, 2.24) is 0 Å². The van der Waals surface area contributed by atoms with Crippen LogP contribution in [0.2, 0.25) is 0 Å². The number of rotatable bonds is 4. The molecule has 0 saturated heterocycles. The Hall–Kier alpha value is -1.50. The van der Waals surface area contributed by atoms with E-state index in [0.717, 1.165) is 17.0 Å². The molecule has 0 heterocycles. The zero-order valence-corrected chi connectivity index (χ0v) is 11.3. The Morgan fingerprint density at radius 2 is 1.83 bits per heavy atom. The lowest BCUT2D eigenvalue weighted by atomic mass is 9.86. The van der Waals surface area contributed by atoms with Gasteiger partial charge in [0.25, 0.3) is 0 Å². The first kappa shape index (κ1) is 12.9. The van der Waals surface area contributed by atoms with Crippen LogP contribution in [-0.4, -0.2) is 6.04 Å². The molecule has 1 aromatic rings. The van der Waals surface area contributed by atoms with Gasteiger partial charge >= 0.3 is 0 Å².